The average molecular weight is 336 g/mol. The number of ketones is 1. The standard InChI is InChI=1S/C20H20N2O3/c1-20(13-15-9-5-3-6-10-15)18(24)22(19(25)21(20)2)14-17(23)16-11-7-4-8-12-16/h3-12H,13-14H2,1-2H3. The Bertz CT molecular complexity index is 804. The molecule has 0 N–H and O–H groups in total. The van der Waals surface area contributed by atoms with E-state index in [-0.39, 0.29) is 18.2 Å². The van der Waals surface area contributed by atoms with Crippen molar-refractivity contribution in [3.05, 3.63) is 71.8 Å². The van der Waals surface area contributed by atoms with Crippen LogP contribution in [0.3, 0.4) is 0 Å². The van der Waals surface area contributed by atoms with Crippen LogP contribution in [0.15, 0.2) is 60.7 Å². The van der Waals surface area contributed by atoms with Crippen molar-refractivity contribution in [1.82, 2.24) is 9.80 Å². The Balaban J connectivity index is 1.82. The maximum absolute atomic E-state index is 12.9. The van der Waals surface area contributed by atoms with Crippen LogP contribution >= 0.6 is 0 Å². The molecule has 0 spiro atoms. The van der Waals surface area contributed by atoms with Crippen LogP contribution in [-0.2, 0) is 11.2 Å². The summed E-state index contributed by atoms with van der Waals surface area (Å²) in [6.45, 7) is 1.50. The number of benzene rings is 2. The van der Waals surface area contributed by atoms with Crippen LogP contribution in [0.4, 0.5) is 4.79 Å². The number of carbonyl (C=O) groups excluding carboxylic acids is 3. The van der Waals surface area contributed by atoms with E-state index in [4.69, 9.17) is 0 Å². The number of hydrogen-bond acceptors (Lipinski definition) is 3. The molecular weight excluding hydrogens is 316 g/mol. The van der Waals surface area contributed by atoms with Crippen molar-refractivity contribution in [3.63, 3.8) is 0 Å². The molecule has 1 heterocycles. The summed E-state index contributed by atoms with van der Waals surface area (Å²) in [4.78, 5) is 40.4. The van der Waals surface area contributed by atoms with E-state index in [9.17, 15) is 14.4 Å². The van der Waals surface area contributed by atoms with E-state index >= 15 is 0 Å². The third-order valence-corrected chi connectivity index (χ3v) is 4.75. The summed E-state index contributed by atoms with van der Waals surface area (Å²) in [5.41, 5.74) is 0.465. The number of amides is 3. The van der Waals surface area contributed by atoms with Gasteiger partial charge in [0.2, 0.25) is 0 Å². The summed E-state index contributed by atoms with van der Waals surface area (Å²) in [6.07, 6.45) is 0.408. The highest BCUT2D eigenvalue weighted by Gasteiger charge is 2.52. The molecule has 3 rings (SSSR count). The third-order valence-electron chi connectivity index (χ3n) is 4.75. The third kappa shape index (κ3) is 3.05. The monoisotopic (exact) mass is 336 g/mol. The molecule has 0 aromatic heterocycles. The van der Waals surface area contributed by atoms with Gasteiger partial charge in [0.25, 0.3) is 5.91 Å². The fraction of sp³-hybridized carbons (Fsp3) is 0.250. The molecule has 0 radical (unpaired) electrons. The summed E-state index contributed by atoms with van der Waals surface area (Å²) < 4.78 is 0. The van der Waals surface area contributed by atoms with Crippen LogP contribution in [0, 0.1) is 0 Å². The van der Waals surface area contributed by atoms with Crippen LogP contribution in [0.1, 0.15) is 22.8 Å². The van der Waals surface area contributed by atoms with E-state index in [0.717, 1.165) is 10.5 Å². The van der Waals surface area contributed by atoms with Gasteiger partial charge >= 0.3 is 6.03 Å². The minimum atomic E-state index is -0.991. The van der Waals surface area contributed by atoms with E-state index in [2.05, 4.69) is 0 Å². The molecule has 5 nitrogen and oxygen atoms in total. The van der Waals surface area contributed by atoms with Gasteiger partial charge in [0.1, 0.15) is 5.54 Å². The Hall–Kier alpha value is -2.95. The Morgan fingerprint density at radius 3 is 2.12 bits per heavy atom. The van der Waals surface area contributed by atoms with Gasteiger partial charge in [-0.05, 0) is 12.5 Å². The molecule has 1 unspecified atom stereocenters. The number of nitrogens with zero attached hydrogens (tertiary/aromatic N) is 2. The second-order valence-corrected chi connectivity index (χ2v) is 6.46. The lowest BCUT2D eigenvalue weighted by Crippen LogP contribution is -2.47. The van der Waals surface area contributed by atoms with Gasteiger partial charge in [0.15, 0.2) is 5.78 Å². The lowest BCUT2D eigenvalue weighted by molar-refractivity contribution is -0.132. The van der Waals surface area contributed by atoms with Gasteiger partial charge in [0.05, 0.1) is 6.54 Å². The minimum Gasteiger partial charge on any atom is -0.313 e. The van der Waals surface area contributed by atoms with Gasteiger partial charge in [-0.3, -0.25) is 14.5 Å². The van der Waals surface area contributed by atoms with E-state index in [0.29, 0.717) is 12.0 Å². The molecular formula is C20H20N2O3. The molecule has 0 aliphatic carbocycles. The fourth-order valence-corrected chi connectivity index (χ4v) is 3.10. The van der Waals surface area contributed by atoms with Crippen molar-refractivity contribution in [2.45, 2.75) is 18.9 Å². The van der Waals surface area contributed by atoms with Crippen molar-refractivity contribution >= 4 is 17.7 Å². The van der Waals surface area contributed by atoms with Crippen LogP contribution in [-0.4, -0.2) is 46.7 Å². The van der Waals surface area contributed by atoms with Crippen molar-refractivity contribution in [2.24, 2.45) is 0 Å². The summed E-state index contributed by atoms with van der Waals surface area (Å²) in [5.74, 6) is -0.590. The molecule has 0 bridgehead atoms. The second kappa shape index (κ2) is 6.51. The number of likely N-dealkylation sites (N-methyl/N-ethyl adjacent to an activating group) is 1. The zero-order valence-corrected chi connectivity index (χ0v) is 14.3. The zero-order chi connectivity index (χ0) is 18.0. The van der Waals surface area contributed by atoms with Crippen LogP contribution < -0.4 is 0 Å². The Morgan fingerprint density at radius 2 is 1.52 bits per heavy atom. The molecule has 1 aliphatic heterocycles. The first-order valence-corrected chi connectivity index (χ1v) is 8.15. The number of Topliss-reactive ketones (excluding diaryl/α,β-unsaturated/α-hetero) is 1. The molecule has 1 saturated heterocycles. The summed E-state index contributed by atoms with van der Waals surface area (Å²) in [6, 6.07) is 17.8. The average Bonchev–Trinajstić information content (AvgIpc) is 2.79. The predicted molar refractivity (Wildman–Crippen MR) is 94.2 cm³/mol. The van der Waals surface area contributed by atoms with E-state index in [1.807, 2.05) is 36.4 Å². The number of imide groups is 1. The number of hydrogen-bond donors (Lipinski definition) is 0. The van der Waals surface area contributed by atoms with Crippen LogP contribution in [0.2, 0.25) is 0 Å². The SMILES string of the molecule is CN1C(=O)N(CC(=O)c2ccccc2)C(=O)C1(C)Cc1ccccc1. The smallest absolute Gasteiger partial charge is 0.313 e. The number of rotatable bonds is 5. The highest BCUT2D eigenvalue weighted by Crippen LogP contribution is 2.30. The molecule has 1 fully saturated rings. The van der Waals surface area contributed by atoms with Gasteiger partial charge in [-0.15, -0.1) is 0 Å². The topological polar surface area (TPSA) is 57.7 Å². The second-order valence-electron chi connectivity index (χ2n) is 6.46. The van der Waals surface area contributed by atoms with Gasteiger partial charge in [-0.25, -0.2) is 4.79 Å². The Kier molecular flexibility index (Phi) is 4.40. The molecule has 2 aromatic carbocycles. The summed E-state index contributed by atoms with van der Waals surface area (Å²) in [7, 11) is 1.61. The highest BCUT2D eigenvalue weighted by molar-refractivity contribution is 6.11. The largest absolute Gasteiger partial charge is 0.327 e. The number of carbonyl (C=O) groups is 3. The first-order valence-electron chi connectivity index (χ1n) is 8.15. The van der Waals surface area contributed by atoms with Crippen LogP contribution in [0.25, 0.3) is 0 Å². The molecule has 2 aromatic rings. The normalized spacial score (nSPS) is 20.2. The molecule has 1 aliphatic rings. The first-order chi connectivity index (χ1) is 11.9. The van der Waals surface area contributed by atoms with Crippen LogP contribution in [0.5, 0.6) is 0 Å². The summed E-state index contributed by atoms with van der Waals surface area (Å²) >= 11 is 0. The first kappa shape index (κ1) is 16.9. The van der Waals surface area contributed by atoms with Gasteiger partial charge in [-0.1, -0.05) is 60.7 Å². The molecule has 1 atom stereocenters. The maximum Gasteiger partial charge on any atom is 0.327 e. The lowest BCUT2D eigenvalue weighted by Gasteiger charge is -2.28. The van der Waals surface area contributed by atoms with Crippen molar-refractivity contribution in [3.8, 4) is 0 Å². The van der Waals surface area contributed by atoms with Gasteiger partial charge in [0, 0.05) is 19.0 Å². The van der Waals surface area contributed by atoms with Gasteiger partial charge < -0.3 is 4.90 Å². The van der Waals surface area contributed by atoms with Crippen molar-refractivity contribution < 1.29 is 14.4 Å². The maximum atomic E-state index is 12.9. The highest BCUT2D eigenvalue weighted by atomic mass is 16.2. The Morgan fingerprint density at radius 1 is 0.960 bits per heavy atom. The molecule has 0 saturated carbocycles. The molecule has 25 heavy (non-hydrogen) atoms. The van der Waals surface area contributed by atoms with Crippen molar-refractivity contribution in [1.29, 1.82) is 0 Å². The quantitative estimate of drug-likeness (QED) is 0.623. The zero-order valence-electron chi connectivity index (χ0n) is 14.3. The van der Waals surface area contributed by atoms with Gasteiger partial charge in [-0.2, -0.15) is 0 Å². The predicted octanol–water partition coefficient (Wildman–Crippen LogP) is 2.76. The van der Waals surface area contributed by atoms with E-state index in [1.54, 1.807) is 38.2 Å². The minimum absolute atomic E-state index is 0.240. The summed E-state index contributed by atoms with van der Waals surface area (Å²) in [5, 5.41) is 0. The molecule has 5 heteroatoms. The molecule has 128 valence electrons. The molecule has 3 amide bonds. The van der Waals surface area contributed by atoms with E-state index in [1.165, 1.54) is 4.90 Å². The van der Waals surface area contributed by atoms with E-state index < -0.39 is 11.6 Å². The number of urea groups is 1. The lowest BCUT2D eigenvalue weighted by atomic mass is 9.91. The Labute approximate surface area is 146 Å². The van der Waals surface area contributed by atoms with Crippen molar-refractivity contribution in [2.75, 3.05) is 13.6 Å². The fourth-order valence-electron chi connectivity index (χ4n) is 3.10.